The fraction of sp³-hybridized carbons (Fsp3) is 0.708. The van der Waals surface area contributed by atoms with E-state index >= 15 is 0 Å². The Morgan fingerprint density at radius 2 is 1.93 bits per heavy atom. The minimum atomic E-state index is -0.336. The van der Waals surface area contributed by atoms with E-state index in [9.17, 15) is 4.79 Å². The molecule has 2 saturated heterocycles. The lowest BCUT2D eigenvalue weighted by molar-refractivity contribution is -0.219. The van der Waals surface area contributed by atoms with Gasteiger partial charge in [0.1, 0.15) is 0 Å². The van der Waals surface area contributed by atoms with Gasteiger partial charge in [-0.25, -0.2) is 4.79 Å². The van der Waals surface area contributed by atoms with Crippen molar-refractivity contribution in [2.24, 2.45) is 11.3 Å². The molecule has 6 nitrogen and oxygen atoms in total. The molecule has 0 aromatic rings. The van der Waals surface area contributed by atoms with Gasteiger partial charge in [-0.1, -0.05) is 45.1 Å². The average Bonchev–Trinajstić information content (AvgIpc) is 3.06. The second kappa shape index (κ2) is 10.2. The zero-order valence-electron chi connectivity index (χ0n) is 18.9. The summed E-state index contributed by atoms with van der Waals surface area (Å²) >= 11 is 0. The van der Waals surface area contributed by atoms with Crippen molar-refractivity contribution in [1.82, 2.24) is 4.90 Å². The van der Waals surface area contributed by atoms with Crippen LogP contribution in [0.25, 0.3) is 0 Å². The Morgan fingerprint density at radius 1 is 1.27 bits per heavy atom. The average molecular weight is 420 g/mol. The van der Waals surface area contributed by atoms with Gasteiger partial charge in [0, 0.05) is 42.5 Å². The first kappa shape index (κ1) is 23.2. The standard InChI is InChI=1S/C24H37NO5/c1-6-18-14-17(3)21(22(18)25-10-12-27-13-11-25)19(23(26)28-7-2)8-9-20-29-15-24(4,5)16-30-20/h8,14,20-22H,3,6-7,9-13,15-16H2,1-2,4-5H3/b19-8-/t21-,22+/m0/s1. The third kappa shape index (κ3) is 5.41. The summed E-state index contributed by atoms with van der Waals surface area (Å²) in [6.07, 6.45) is 5.23. The van der Waals surface area contributed by atoms with Crippen molar-refractivity contribution in [2.45, 2.75) is 52.9 Å². The van der Waals surface area contributed by atoms with Crippen molar-refractivity contribution in [3.8, 4) is 0 Å². The summed E-state index contributed by atoms with van der Waals surface area (Å²) in [5, 5.41) is 0. The molecular weight excluding hydrogens is 382 g/mol. The number of nitrogens with zero attached hydrogens (tertiary/aromatic N) is 1. The van der Waals surface area contributed by atoms with Crippen LogP contribution in [0.2, 0.25) is 0 Å². The molecule has 1 aliphatic carbocycles. The first-order valence-corrected chi connectivity index (χ1v) is 11.2. The molecule has 0 aromatic heterocycles. The molecule has 0 amide bonds. The van der Waals surface area contributed by atoms with Gasteiger partial charge in [-0.05, 0) is 18.9 Å². The van der Waals surface area contributed by atoms with Gasteiger partial charge in [0.15, 0.2) is 6.29 Å². The number of ether oxygens (including phenoxy) is 4. The van der Waals surface area contributed by atoms with E-state index in [4.69, 9.17) is 18.9 Å². The Balaban J connectivity index is 1.83. The molecule has 0 spiro atoms. The lowest BCUT2D eigenvalue weighted by Crippen LogP contribution is -2.47. The van der Waals surface area contributed by atoms with Gasteiger partial charge in [-0.2, -0.15) is 0 Å². The van der Waals surface area contributed by atoms with Crippen LogP contribution in [-0.2, 0) is 23.7 Å². The van der Waals surface area contributed by atoms with Gasteiger partial charge in [0.05, 0.1) is 33.0 Å². The van der Waals surface area contributed by atoms with Gasteiger partial charge in [-0.3, -0.25) is 4.90 Å². The lowest BCUT2D eigenvalue weighted by Gasteiger charge is -2.38. The van der Waals surface area contributed by atoms with E-state index in [0.717, 1.165) is 25.1 Å². The number of carbonyl (C=O) groups excluding carboxylic acids is 1. The number of morpholine rings is 1. The van der Waals surface area contributed by atoms with Crippen molar-refractivity contribution < 1.29 is 23.7 Å². The predicted octanol–water partition coefficient (Wildman–Crippen LogP) is 3.49. The highest BCUT2D eigenvalue weighted by Gasteiger charge is 2.41. The summed E-state index contributed by atoms with van der Waals surface area (Å²) in [7, 11) is 0. The Labute approximate surface area is 180 Å². The smallest absolute Gasteiger partial charge is 0.334 e. The van der Waals surface area contributed by atoms with Gasteiger partial charge in [0.25, 0.3) is 0 Å². The van der Waals surface area contributed by atoms with Crippen LogP contribution in [0.15, 0.2) is 35.5 Å². The first-order valence-electron chi connectivity index (χ1n) is 11.2. The number of allylic oxidation sites excluding steroid dienone is 1. The van der Waals surface area contributed by atoms with E-state index in [1.165, 1.54) is 5.57 Å². The molecule has 2 atom stereocenters. The lowest BCUT2D eigenvalue weighted by atomic mass is 9.86. The van der Waals surface area contributed by atoms with E-state index in [0.29, 0.717) is 45.0 Å². The monoisotopic (exact) mass is 419 g/mol. The summed E-state index contributed by atoms with van der Waals surface area (Å²) in [6, 6.07) is 0.120. The normalized spacial score (nSPS) is 28.5. The molecule has 0 unspecified atom stereocenters. The molecule has 0 aromatic carbocycles. The summed E-state index contributed by atoms with van der Waals surface area (Å²) in [5.41, 5.74) is 2.96. The first-order chi connectivity index (χ1) is 14.4. The Kier molecular flexibility index (Phi) is 7.91. The maximum atomic E-state index is 13.0. The zero-order valence-corrected chi connectivity index (χ0v) is 18.9. The minimum absolute atomic E-state index is 0.0191. The van der Waals surface area contributed by atoms with Crippen molar-refractivity contribution >= 4 is 5.97 Å². The van der Waals surface area contributed by atoms with Gasteiger partial charge in [0.2, 0.25) is 0 Å². The van der Waals surface area contributed by atoms with Gasteiger partial charge >= 0.3 is 5.97 Å². The minimum Gasteiger partial charge on any atom is -0.463 e. The molecule has 0 saturated carbocycles. The summed E-state index contributed by atoms with van der Waals surface area (Å²) in [4.78, 5) is 15.4. The van der Waals surface area contributed by atoms with E-state index in [1.807, 2.05) is 13.0 Å². The molecular formula is C24H37NO5. The molecule has 168 valence electrons. The molecule has 30 heavy (non-hydrogen) atoms. The van der Waals surface area contributed by atoms with E-state index in [-0.39, 0.29) is 29.6 Å². The quantitative estimate of drug-likeness (QED) is 0.465. The third-order valence-electron chi connectivity index (χ3n) is 6.01. The van der Waals surface area contributed by atoms with E-state index in [1.54, 1.807) is 0 Å². The Hall–Kier alpha value is -1.47. The summed E-state index contributed by atoms with van der Waals surface area (Å²) < 4.78 is 22.8. The van der Waals surface area contributed by atoms with E-state index in [2.05, 4.69) is 38.3 Å². The van der Waals surface area contributed by atoms with Crippen LogP contribution < -0.4 is 0 Å². The number of hydrogen-bond donors (Lipinski definition) is 0. The van der Waals surface area contributed by atoms with Crippen LogP contribution >= 0.6 is 0 Å². The second-order valence-electron chi connectivity index (χ2n) is 9.05. The number of carbonyl (C=O) groups is 1. The molecule has 2 heterocycles. The van der Waals surface area contributed by atoms with Crippen LogP contribution in [0.3, 0.4) is 0 Å². The SMILES string of the molecule is C=C1C=C(CC)[C@@H](N2CCOCC2)[C@@H]1/C(=C/CC1OCC(C)(C)CO1)C(=O)OCC. The van der Waals surface area contributed by atoms with Crippen LogP contribution in [0.4, 0.5) is 0 Å². The molecule has 3 aliphatic rings. The second-order valence-corrected chi connectivity index (χ2v) is 9.05. The van der Waals surface area contributed by atoms with Gasteiger partial charge in [-0.15, -0.1) is 0 Å². The van der Waals surface area contributed by atoms with Crippen LogP contribution in [-0.4, -0.2) is 69.3 Å². The fourth-order valence-electron chi connectivity index (χ4n) is 4.45. The highest BCUT2D eigenvalue weighted by molar-refractivity contribution is 5.90. The molecule has 2 fully saturated rings. The van der Waals surface area contributed by atoms with Crippen molar-refractivity contribution in [2.75, 3.05) is 46.1 Å². The maximum absolute atomic E-state index is 13.0. The molecule has 6 heteroatoms. The van der Waals surface area contributed by atoms with Crippen molar-refractivity contribution in [3.63, 3.8) is 0 Å². The number of rotatable bonds is 7. The molecule has 0 bridgehead atoms. The fourth-order valence-corrected chi connectivity index (χ4v) is 4.45. The zero-order chi connectivity index (χ0) is 21.7. The summed E-state index contributed by atoms with van der Waals surface area (Å²) in [6.45, 7) is 17.3. The van der Waals surface area contributed by atoms with E-state index < -0.39 is 0 Å². The van der Waals surface area contributed by atoms with Crippen molar-refractivity contribution in [1.29, 1.82) is 0 Å². The van der Waals surface area contributed by atoms with Crippen LogP contribution in [0, 0.1) is 11.3 Å². The van der Waals surface area contributed by atoms with Crippen molar-refractivity contribution in [3.05, 3.63) is 35.5 Å². The maximum Gasteiger partial charge on any atom is 0.334 e. The van der Waals surface area contributed by atoms with Crippen LogP contribution in [0.5, 0.6) is 0 Å². The topological polar surface area (TPSA) is 57.2 Å². The molecule has 0 N–H and O–H groups in total. The van der Waals surface area contributed by atoms with Gasteiger partial charge < -0.3 is 18.9 Å². The molecule has 2 aliphatic heterocycles. The largest absolute Gasteiger partial charge is 0.463 e. The molecule has 3 rings (SSSR count). The Bertz CT molecular complexity index is 680. The van der Waals surface area contributed by atoms with Crippen LogP contribution in [0.1, 0.15) is 40.5 Å². The number of esters is 1. The highest BCUT2D eigenvalue weighted by atomic mass is 16.7. The Morgan fingerprint density at radius 3 is 2.53 bits per heavy atom. The number of hydrogen-bond acceptors (Lipinski definition) is 6. The summed E-state index contributed by atoms with van der Waals surface area (Å²) in [5.74, 6) is -0.388. The molecule has 0 radical (unpaired) electrons. The highest BCUT2D eigenvalue weighted by Crippen LogP contribution is 2.40. The predicted molar refractivity (Wildman–Crippen MR) is 116 cm³/mol. The third-order valence-corrected chi connectivity index (χ3v) is 6.01.